The van der Waals surface area contributed by atoms with Gasteiger partial charge in [0.2, 0.25) is 5.89 Å². The zero-order valence-electron chi connectivity index (χ0n) is 16.5. The van der Waals surface area contributed by atoms with Crippen molar-refractivity contribution in [3.8, 4) is 22.7 Å². The van der Waals surface area contributed by atoms with Crippen molar-refractivity contribution in [2.24, 2.45) is 0 Å². The maximum absolute atomic E-state index is 12.7. The van der Waals surface area contributed by atoms with Crippen LogP contribution in [0.3, 0.4) is 0 Å². The summed E-state index contributed by atoms with van der Waals surface area (Å²) in [7, 11) is -3.69. The molecule has 0 saturated heterocycles. The van der Waals surface area contributed by atoms with Crippen LogP contribution in [0.5, 0.6) is 0 Å². The topological polar surface area (TPSA) is 101 Å². The average molecular weight is 430 g/mol. The molecule has 2 aromatic heterocycles. The predicted octanol–water partition coefficient (Wildman–Crippen LogP) is 4.99. The highest BCUT2D eigenvalue weighted by molar-refractivity contribution is 7.92. The lowest BCUT2D eigenvalue weighted by molar-refractivity contribution is 0.601. The summed E-state index contributed by atoms with van der Waals surface area (Å²) >= 11 is 0. The number of nitrogens with zero attached hydrogens (tertiary/aromatic N) is 2. The highest BCUT2D eigenvalue weighted by Crippen LogP contribution is 2.33. The van der Waals surface area contributed by atoms with Crippen LogP contribution in [0.2, 0.25) is 0 Å². The fourth-order valence-corrected chi connectivity index (χ4v) is 4.44. The minimum absolute atomic E-state index is 0.199. The van der Waals surface area contributed by atoms with Crippen molar-refractivity contribution in [3.63, 3.8) is 0 Å². The smallest absolute Gasteiger partial charge is 0.261 e. The van der Waals surface area contributed by atoms with Gasteiger partial charge in [0, 0.05) is 11.3 Å². The van der Waals surface area contributed by atoms with E-state index < -0.39 is 10.0 Å². The quantitative estimate of drug-likeness (QED) is 0.409. The zero-order valence-corrected chi connectivity index (χ0v) is 17.3. The van der Waals surface area contributed by atoms with Crippen LogP contribution in [-0.2, 0) is 10.0 Å². The van der Waals surface area contributed by atoms with Gasteiger partial charge in [-0.1, -0.05) is 36.4 Å². The predicted molar refractivity (Wildman–Crippen MR) is 119 cm³/mol. The molecule has 0 aliphatic heterocycles. The van der Waals surface area contributed by atoms with E-state index in [9.17, 15) is 8.42 Å². The van der Waals surface area contributed by atoms with Crippen LogP contribution in [0.1, 0.15) is 5.56 Å². The molecule has 0 spiro atoms. The van der Waals surface area contributed by atoms with E-state index in [4.69, 9.17) is 4.42 Å². The number of fused-ring (bicyclic) bond motifs is 1. The third-order valence-corrected chi connectivity index (χ3v) is 6.27. The van der Waals surface area contributed by atoms with Gasteiger partial charge in [0.1, 0.15) is 5.52 Å². The summed E-state index contributed by atoms with van der Waals surface area (Å²) in [5.41, 5.74) is 5.11. The molecule has 0 saturated carbocycles. The van der Waals surface area contributed by atoms with Crippen LogP contribution < -0.4 is 4.72 Å². The Kier molecular flexibility index (Phi) is 4.56. The molecule has 0 bridgehead atoms. The molecule has 2 heterocycles. The molecule has 0 unspecified atom stereocenters. The number of aromatic amines is 1. The number of sulfonamides is 1. The Morgan fingerprint density at radius 1 is 0.968 bits per heavy atom. The molecular weight excluding hydrogens is 412 g/mol. The normalized spacial score (nSPS) is 11.6. The number of nitrogens with one attached hydrogen (secondary N) is 2. The average Bonchev–Trinajstić information content (AvgIpc) is 3.41. The van der Waals surface area contributed by atoms with Gasteiger partial charge in [-0.3, -0.25) is 9.82 Å². The van der Waals surface area contributed by atoms with Crippen LogP contribution in [0.15, 0.2) is 88.3 Å². The molecule has 0 aliphatic rings. The van der Waals surface area contributed by atoms with Crippen LogP contribution in [0.4, 0.5) is 5.69 Å². The van der Waals surface area contributed by atoms with Crippen LogP contribution in [0, 0.1) is 6.92 Å². The summed E-state index contributed by atoms with van der Waals surface area (Å²) in [5.74, 6) is 0.444. The van der Waals surface area contributed by atoms with Crippen molar-refractivity contribution in [2.75, 3.05) is 4.72 Å². The van der Waals surface area contributed by atoms with E-state index in [-0.39, 0.29) is 4.90 Å². The van der Waals surface area contributed by atoms with Gasteiger partial charge in [-0.05, 0) is 48.9 Å². The van der Waals surface area contributed by atoms with Gasteiger partial charge in [-0.25, -0.2) is 13.4 Å². The van der Waals surface area contributed by atoms with E-state index in [0.717, 1.165) is 16.6 Å². The second-order valence-corrected chi connectivity index (χ2v) is 8.83. The largest absolute Gasteiger partial charge is 0.436 e. The molecular formula is C23H18N4O3S. The van der Waals surface area contributed by atoms with E-state index in [1.807, 2.05) is 31.2 Å². The summed E-state index contributed by atoms with van der Waals surface area (Å²) in [4.78, 5) is 4.76. The minimum atomic E-state index is -3.69. The third kappa shape index (κ3) is 3.69. The Bertz CT molecular complexity index is 1490. The monoisotopic (exact) mass is 430 g/mol. The number of hydrogen-bond donors (Lipinski definition) is 2. The fraction of sp³-hybridized carbons (Fsp3) is 0.0435. The van der Waals surface area contributed by atoms with E-state index in [1.165, 1.54) is 0 Å². The number of hydrogen-bond acceptors (Lipinski definition) is 5. The first-order valence-electron chi connectivity index (χ1n) is 9.59. The molecule has 5 rings (SSSR count). The maximum Gasteiger partial charge on any atom is 0.261 e. The van der Waals surface area contributed by atoms with Crippen LogP contribution >= 0.6 is 0 Å². The Morgan fingerprint density at radius 2 is 1.81 bits per heavy atom. The second-order valence-electron chi connectivity index (χ2n) is 7.15. The van der Waals surface area contributed by atoms with E-state index >= 15 is 0 Å². The van der Waals surface area contributed by atoms with Crippen molar-refractivity contribution in [2.45, 2.75) is 11.8 Å². The number of benzene rings is 3. The molecule has 2 N–H and O–H groups in total. The third-order valence-electron chi connectivity index (χ3n) is 4.87. The van der Waals surface area contributed by atoms with Gasteiger partial charge >= 0.3 is 0 Å². The minimum Gasteiger partial charge on any atom is -0.436 e. The molecule has 0 atom stereocenters. The molecule has 0 aliphatic carbocycles. The van der Waals surface area contributed by atoms with Gasteiger partial charge in [0.25, 0.3) is 10.0 Å². The Labute approximate surface area is 178 Å². The fourth-order valence-electron chi connectivity index (χ4n) is 3.37. The molecule has 3 aromatic carbocycles. The van der Waals surface area contributed by atoms with Crippen molar-refractivity contribution in [1.82, 2.24) is 15.2 Å². The second kappa shape index (κ2) is 7.41. The van der Waals surface area contributed by atoms with Crippen LogP contribution in [0.25, 0.3) is 33.8 Å². The summed E-state index contributed by atoms with van der Waals surface area (Å²) in [6.45, 7) is 1.99. The number of oxazole rings is 1. The van der Waals surface area contributed by atoms with Gasteiger partial charge in [0.05, 0.1) is 22.3 Å². The van der Waals surface area contributed by atoms with Crippen LogP contribution in [-0.4, -0.2) is 23.6 Å². The lowest BCUT2D eigenvalue weighted by Gasteiger charge is -2.09. The molecule has 0 fully saturated rings. The highest BCUT2D eigenvalue weighted by Gasteiger charge is 2.18. The number of anilines is 1. The first kappa shape index (κ1) is 19.1. The first-order chi connectivity index (χ1) is 15.0. The SMILES string of the molecule is Cc1ccc2nc(-c3cn[nH]c3-c3cccc(NS(=O)(=O)c4ccccc4)c3)oc2c1. The molecule has 7 nitrogen and oxygen atoms in total. The molecule has 8 heteroatoms. The molecule has 0 radical (unpaired) electrons. The molecule has 0 amide bonds. The zero-order chi connectivity index (χ0) is 21.4. The lowest BCUT2D eigenvalue weighted by Crippen LogP contribution is -2.12. The van der Waals surface area contributed by atoms with Gasteiger partial charge in [-0.2, -0.15) is 5.10 Å². The van der Waals surface area contributed by atoms with E-state index in [2.05, 4.69) is 19.9 Å². The highest BCUT2D eigenvalue weighted by atomic mass is 32.2. The Morgan fingerprint density at radius 3 is 2.65 bits per heavy atom. The first-order valence-corrected chi connectivity index (χ1v) is 11.1. The maximum atomic E-state index is 12.7. The van der Waals surface area contributed by atoms with Crippen molar-refractivity contribution < 1.29 is 12.8 Å². The Hall–Kier alpha value is -3.91. The Balaban J connectivity index is 1.50. The number of aryl methyl sites for hydroxylation is 1. The van der Waals surface area contributed by atoms with Gasteiger partial charge in [0.15, 0.2) is 5.58 Å². The van der Waals surface area contributed by atoms with E-state index in [1.54, 1.807) is 54.7 Å². The van der Waals surface area contributed by atoms with Gasteiger partial charge < -0.3 is 4.42 Å². The summed E-state index contributed by atoms with van der Waals surface area (Å²) in [5, 5.41) is 7.12. The van der Waals surface area contributed by atoms with Gasteiger partial charge in [-0.15, -0.1) is 0 Å². The molecule has 31 heavy (non-hydrogen) atoms. The summed E-state index contributed by atoms with van der Waals surface area (Å²) in [6.07, 6.45) is 1.65. The number of H-pyrrole nitrogens is 1. The van der Waals surface area contributed by atoms with Crippen molar-refractivity contribution in [3.05, 3.63) is 84.6 Å². The van der Waals surface area contributed by atoms with E-state index in [0.29, 0.717) is 28.4 Å². The summed E-state index contributed by atoms with van der Waals surface area (Å²) < 4.78 is 33.9. The van der Waals surface area contributed by atoms with Crippen molar-refractivity contribution in [1.29, 1.82) is 0 Å². The number of rotatable bonds is 5. The number of aromatic nitrogens is 3. The standard InChI is InChI=1S/C23H18N4O3S/c1-15-10-11-20-21(12-15)30-23(25-20)19-14-24-26-22(19)16-6-5-7-17(13-16)27-31(28,29)18-8-3-2-4-9-18/h2-14,27H,1H3,(H,24,26). The lowest BCUT2D eigenvalue weighted by atomic mass is 10.1. The van der Waals surface area contributed by atoms with Crippen molar-refractivity contribution >= 4 is 26.8 Å². The summed E-state index contributed by atoms with van der Waals surface area (Å²) in [6, 6.07) is 21.1. The molecule has 5 aromatic rings. The molecule has 154 valence electrons.